The molecule has 0 atom stereocenters. The normalized spacial score (nSPS) is 10.3. The van der Waals surface area contributed by atoms with Gasteiger partial charge in [0.15, 0.2) is 0 Å². The first-order valence-corrected chi connectivity index (χ1v) is 6.37. The number of hydrogen-bond acceptors (Lipinski definition) is 6. The lowest BCUT2D eigenvalue weighted by molar-refractivity contribution is 0.311. The molecule has 0 radical (unpaired) electrons. The topological polar surface area (TPSA) is 87.3 Å². The average molecular weight is 273 g/mol. The van der Waals surface area contributed by atoms with Crippen LogP contribution in [0.2, 0.25) is 0 Å². The van der Waals surface area contributed by atoms with Crippen LogP contribution < -0.4 is 16.0 Å². The van der Waals surface area contributed by atoms with Crippen LogP contribution >= 0.6 is 0 Å². The van der Waals surface area contributed by atoms with E-state index in [1.807, 2.05) is 49.3 Å². The lowest BCUT2D eigenvalue weighted by Gasteiger charge is -2.14. The van der Waals surface area contributed by atoms with Gasteiger partial charge in [0.2, 0.25) is 5.95 Å². The monoisotopic (exact) mass is 273 g/mol. The SMILES string of the molecule is CN(C)c1cccc(-c2cc(NCCO)nc(N)n2)c1. The summed E-state index contributed by atoms with van der Waals surface area (Å²) in [6.45, 7) is 0.461. The molecule has 0 aliphatic carbocycles. The molecule has 106 valence electrons. The van der Waals surface area contributed by atoms with Gasteiger partial charge in [0.05, 0.1) is 12.3 Å². The van der Waals surface area contributed by atoms with E-state index in [0.717, 1.165) is 16.9 Å². The smallest absolute Gasteiger partial charge is 0.222 e. The summed E-state index contributed by atoms with van der Waals surface area (Å²) in [5.41, 5.74) is 8.54. The van der Waals surface area contributed by atoms with Crippen LogP contribution in [0.5, 0.6) is 0 Å². The van der Waals surface area contributed by atoms with E-state index in [1.165, 1.54) is 0 Å². The number of aliphatic hydroxyl groups is 1. The van der Waals surface area contributed by atoms with Gasteiger partial charge in [-0.3, -0.25) is 0 Å². The molecule has 0 aliphatic heterocycles. The van der Waals surface area contributed by atoms with E-state index >= 15 is 0 Å². The van der Waals surface area contributed by atoms with Crippen molar-refractivity contribution in [3.05, 3.63) is 30.3 Å². The summed E-state index contributed by atoms with van der Waals surface area (Å²) in [4.78, 5) is 10.4. The Labute approximate surface area is 118 Å². The minimum Gasteiger partial charge on any atom is -0.395 e. The van der Waals surface area contributed by atoms with Crippen LogP contribution in [-0.4, -0.2) is 42.3 Å². The molecule has 1 aromatic carbocycles. The largest absolute Gasteiger partial charge is 0.395 e. The van der Waals surface area contributed by atoms with Crippen LogP contribution in [0.25, 0.3) is 11.3 Å². The number of nitrogens with zero attached hydrogens (tertiary/aromatic N) is 3. The average Bonchev–Trinajstić information content (AvgIpc) is 2.44. The number of benzene rings is 1. The Morgan fingerprint density at radius 2 is 2.05 bits per heavy atom. The molecule has 6 heteroatoms. The summed E-state index contributed by atoms with van der Waals surface area (Å²) < 4.78 is 0. The van der Waals surface area contributed by atoms with Crippen molar-refractivity contribution in [3.8, 4) is 11.3 Å². The third-order valence-electron chi connectivity index (χ3n) is 2.82. The minimum atomic E-state index is 0.0371. The van der Waals surface area contributed by atoms with Gasteiger partial charge in [0.25, 0.3) is 0 Å². The summed E-state index contributed by atoms with van der Waals surface area (Å²) in [7, 11) is 3.98. The Bertz CT molecular complexity index is 586. The molecule has 2 aromatic rings. The molecule has 0 saturated heterocycles. The number of anilines is 3. The standard InChI is InChI=1S/C14H19N5O/c1-19(2)11-5-3-4-10(8-11)12-9-13(16-6-7-20)18-14(15)17-12/h3-5,8-9,20H,6-7H2,1-2H3,(H3,15,16,17,18). The van der Waals surface area contributed by atoms with Gasteiger partial charge in [-0.1, -0.05) is 12.1 Å². The molecule has 2 rings (SSSR count). The van der Waals surface area contributed by atoms with Crippen molar-refractivity contribution in [2.45, 2.75) is 0 Å². The molecule has 20 heavy (non-hydrogen) atoms. The van der Waals surface area contributed by atoms with Gasteiger partial charge < -0.3 is 21.1 Å². The second kappa shape index (κ2) is 6.21. The van der Waals surface area contributed by atoms with E-state index in [0.29, 0.717) is 12.4 Å². The molecule has 6 nitrogen and oxygen atoms in total. The van der Waals surface area contributed by atoms with Gasteiger partial charge >= 0.3 is 0 Å². The maximum absolute atomic E-state index is 8.84. The van der Waals surface area contributed by atoms with Gasteiger partial charge in [0.1, 0.15) is 5.82 Å². The van der Waals surface area contributed by atoms with Crippen molar-refractivity contribution in [2.75, 3.05) is 43.2 Å². The van der Waals surface area contributed by atoms with E-state index in [9.17, 15) is 0 Å². The van der Waals surface area contributed by atoms with Gasteiger partial charge in [-0.05, 0) is 12.1 Å². The Morgan fingerprint density at radius 3 is 2.75 bits per heavy atom. The Balaban J connectivity index is 2.36. The van der Waals surface area contributed by atoms with Crippen molar-refractivity contribution in [1.29, 1.82) is 0 Å². The number of nitrogens with two attached hydrogens (primary N) is 1. The summed E-state index contributed by atoms with van der Waals surface area (Å²) in [5, 5.41) is 11.8. The lowest BCUT2D eigenvalue weighted by Crippen LogP contribution is -2.09. The first kappa shape index (κ1) is 14.1. The van der Waals surface area contributed by atoms with E-state index in [4.69, 9.17) is 10.8 Å². The molecular formula is C14H19N5O. The Morgan fingerprint density at radius 1 is 1.25 bits per heavy atom. The molecule has 4 N–H and O–H groups in total. The fourth-order valence-corrected chi connectivity index (χ4v) is 1.83. The van der Waals surface area contributed by atoms with Crippen LogP contribution in [0.1, 0.15) is 0 Å². The fourth-order valence-electron chi connectivity index (χ4n) is 1.83. The number of nitrogen functional groups attached to an aromatic ring is 1. The van der Waals surface area contributed by atoms with E-state index in [1.54, 1.807) is 0 Å². The van der Waals surface area contributed by atoms with Gasteiger partial charge in [-0.2, -0.15) is 4.98 Å². The van der Waals surface area contributed by atoms with Crippen molar-refractivity contribution < 1.29 is 5.11 Å². The highest BCUT2D eigenvalue weighted by molar-refractivity contribution is 5.68. The second-order valence-electron chi connectivity index (χ2n) is 4.59. The van der Waals surface area contributed by atoms with Crippen LogP contribution in [0.3, 0.4) is 0 Å². The van der Waals surface area contributed by atoms with Crippen molar-refractivity contribution in [3.63, 3.8) is 0 Å². The summed E-state index contributed by atoms with van der Waals surface area (Å²) >= 11 is 0. The lowest BCUT2D eigenvalue weighted by atomic mass is 10.1. The van der Waals surface area contributed by atoms with Gasteiger partial charge in [0, 0.05) is 38.0 Å². The molecule has 0 unspecified atom stereocenters. The summed E-state index contributed by atoms with van der Waals surface area (Å²) in [5.74, 6) is 0.815. The van der Waals surface area contributed by atoms with Crippen LogP contribution in [-0.2, 0) is 0 Å². The maximum Gasteiger partial charge on any atom is 0.222 e. The zero-order valence-electron chi connectivity index (χ0n) is 11.7. The zero-order chi connectivity index (χ0) is 14.5. The third-order valence-corrected chi connectivity index (χ3v) is 2.82. The molecule has 1 heterocycles. The fraction of sp³-hybridized carbons (Fsp3) is 0.286. The third kappa shape index (κ3) is 3.36. The van der Waals surface area contributed by atoms with E-state index in [2.05, 4.69) is 15.3 Å². The van der Waals surface area contributed by atoms with Crippen LogP contribution in [0.15, 0.2) is 30.3 Å². The van der Waals surface area contributed by atoms with Crippen molar-refractivity contribution in [2.24, 2.45) is 0 Å². The molecule has 0 aliphatic rings. The highest BCUT2D eigenvalue weighted by Crippen LogP contribution is 2.24. The number of hydrogen-bond donors (Lipinski definition) is 3. The number of aliphatic hydroxyl groups excluding tert-OH is 1. The van der Waals surface area contributed by atoms with E-state index < -0.39 is 0 Å². The predicted octanol–water partition coefficient (Wildman–Crippen LogP) is 1.20. The molecule has 0 fully saturated rings. The molecule has 0 saturated carbocycles. The molecule has 1 aromatic heterocycles. The molecule has 0 amide bonds. The first-order valence-electron chi connectivity index (χ1n) is 6.37. The maximum atomic E-state index is 8.84. The van der Waals surface area contributed by atoms with Crippen LogP contribution in [0.4, 0.5) is 17.5 Å². The molecule has 0 bridgehead atoms. The molecule has 0 spiro atoms. The summed E-state index contributed by atoms with van der Waals surface area (Å²) in [6, 6.07) is 9.84. The number of nitrogens with one attached hydrogen (secondary N) is 1. The Kier molecular flexibility index (Phi) is 4.37. The Hall–Kier alpha value is -2.34. The van der Waals surface area contributed by atoms with E-state index in [-0.39, 0.29) is 12.6 Å². The summed E-state index contributed by atoms with van der Waals surface area (Å²) in [6.07, 6.45) is 0. The zero-order valence-corrected chi connectivity index (χ0v) is 11.7. The van der Waals surface area contributed by atoms with Crippen LogP contribution in [0, 0.1) is 0 Å². The van der Waals surface area contributed by atoms with Gasteiger partial charge in [-0.15, -0.1) is 0 Å². The van der Waals surface area contributed by atoms with Crippen molar-refractivity contribution >= 4 is 17.5 Å². The van der Waals surface area contributed by atoms with Gasteiger partial charge in [-0.25, -0.2) is 4.98 Å². The highest BCUT2D eigenvalue weighted by atomic mass is 16.3. The minimum absolute atomic E-state index is 0.0371. The molecular weight excluding hydrogens is 254 g/mol. The quantitative estimate of drug-likeness (QED) is 0.758. The number of rotatable bonds is 5. The predicted molar refractivity (Wildman–Crippen MR) is 81.8 cm³/mol. The highest BCUT2D eigenvalue weighted by Gasteiger charge is 2.06. The number of aromatic nitrogens is 2. The second-order valence-corrected chi connectivity index (χ2v) is 4.59. The first-order chi connectivity index (χ1) is 9.60. The van der Waals surface area contributed by atoms with Crippen molar-refractivity contribution in [1.82, 2.24) is 9.97 Å².